The van der Waals surface area contributed by atoms with Crippen LogP contribution in [0.3, 0.4) is 0 Å². The number of carbonyl (C=O) groups is 2. The molecule has 0 saturated carbocycles. The number of aromatic nitrogens is 3. The molecule has 60 heavy (non-hydrogen) atoms. The van der Waals surface area contributed by atoms with Crippen molar-refractivity contribution in [2.45, 2.75) is 139 Å². The lowest BCUT2D eigenvalue weighted by Crippen LogP contribution is -2.45. The molecule has 0 spiro atoms. The highest BCUT2D eigenvalue weighted by Crippen LogP contribution is 2.46. The summed E-state index contributed by atoms with van der Waals surface area (Å²) in [6.07, 6.45) is 13.1. The standard InChI is InChI=1S/C31H43N7O2.C7H8.C5H10.C3H7N.2C2H6/c1-7-25-10-8-9-22-13-23(29(40)33-6)11-12-27(22)31(25,30-35-21(5)36-37-30)15-20(4)34-17-28(39)38-18-24(19(2)3)14-26(38)16-32;1-7-5-3-2-4-6-7;1-3-5-4-2;1-3-4-2;2*1-2/h10-13,19-20,24,26,34H,7-9,14-15,17-18H2,1-6H3,(H,33,40)(H,35,36,37);2-6H,1H3;3,5H,4H2,1-2H3;3-4H,1H2,2H3;2*1-2H3/b;;5-3-;;;/t20-,24?,26?,31?;;;;;/m1...../s1. The van der Waals surface area contributed by atoms with Gasteiger partial charge in [0, 0.05) is 32.2 Å². The number of carbonyl (C=O) groups excluding carboxylic acids is 2. The normalized spacial score (nSPS) is 17.9. The molecule has 1 aromatic heterocycles. The van der Waals surface area contributed by atoms with Crippen LogP contribution in [-0.4, -0.2) is 71.2 Å². The average molecular weight is 825 g/mol. The summed E-state index contributed by atoms with van der Waals surface area (Å²) in [6, 6.07) is 18.1. The van der Waals surface area contributed by atoms with E-state index in [2.05, 4.69) is 117 Å². The fourth-order valence-corrected chi connectivity index (χ4v) is 7.24. The number of fused-ring (bicyclic) bond motifs is 1. The van der Waals surface area contributed by atoms with Gasteiger partial charge in [-0.3, -0.25) is 14.7 Å². The quantitative estimate of drug-likeness (QED) is 0.141. The van der Waals surface area contributed by atoms with Gasteiger partial charge >= 0.3 is 0 Å². The van der Waals surface area contributed by atoms with E-state index in [1.807, 2.05) is 78.9 Å². The van der Waals surface area contributed by atoms with Crippen LogP contribution in [0.15, 0.2) is 85.1 Å². The van der Waals surface area contributed by atoms with E-state index in [1.54, 1.807) is 18.1 Å². The first-order valence-corrected chi connectivity index (χ1v) is 22.1. The summed E-state index contributed by atoms with van der Waals surface area (Å²) in [4.78, 5) is 32.3. The van der Waals surface area contributed by atoms with Gasteiger partial charge in [0.05, 0.1) is 18.0 Å². The molecule has 10 heteroatoms. The lowest BCUT2D eigenvalue weighted by Gasteiger charge is -2.37. The van der Waals surface area contributed by atoms with E-state index in [9.17, 15) is 14.9 Å². The molecule has 0 bridgehead atoms. The van der Waals surface area contributed by atoms with Gasteiger partial charge < -0.3 is 20.9 Å². The Labute approximate surface area is 364 Å². The van der Waals surface area contributed by atoms with Crippen molar-refractivity contribution in [1.29, 1.82) is 5.26 Å². The zero-order chi connectivity index (χ0) is 45.7. The molecule has 4 atom stereocenters. The molecule has 2 aliphatic rings. The predicted octanol–water partition coefficient (Wildman–Crippen LogP) is 10.2. The second-order valence-corrected chi connectivity index (χ2v) is 14.8. The first-order chi connectivity index (χ1) is 28.9. The second kappa shape index (κ2) is 30.9. The van der Waals surface area contributed by atoms with Crippen molar-refractivity contribution in [1.82, 2.24) is 36.0 Å². The lowest BCUT2D eigenvalue weighted by molar-refractivity contribution is -0.130. The van der Waals surface area contributed by atoms with Crippen molar-refractivity contribution in [3.63, 3.8) is 0 Å². The molecule has 2 aromatic carbocycles. The first kappa shape index (κ1) is 55.0. The number of aromatic amines is 1. The van der Waals surface area contributed by atoms with Crippen LogP contribution in [0.1, 0.15) is 140 Å². The van der Waals surface area contributed by atoms with Crippen molar-refractivity contribution in [3.05, 3.63) is 119 Å². The topological polar surface area (TPSA) is 139 Å². The molecule has 1 fully saturated rings. The number of nitrogens with zero attached hydrogens (tertiary/aromatic N) is 4. The maximum atomic E-state index is 13.3. The van der Waals surface area contributed by atoms with Crippen molar-refractivity contribution < 1.29 is 9.59 Å². The van der Waals surface area contributed by atoms with E-state index in [-0.39, 0.29) is 30.4 Å². The van der Waals surface area contributed by atoms with Crippen LogP contribution in [0.4, 0.5) is 0 Å². The molecule has 3 unspecified atom stereocenters. The Bertz CT molecular complexity index is 1760. The van der Waals surface area contributed by atoms with Crippen molar-refractivity contribution in [2.24, 2.45) is 11.8 Å². The van der Waals surface area contributed by atoms with Gasteiger partial charge in [-0.05, 0) is 108 Å². The Morgan fingerprint density at radius 1 is 1.07 bits per heavy atom. The fraction of sp³-hybridized carbons (Fsp3) is 0.540. The molecule has 2 amide bonds. The molecule has 5 rings (SSSR count). The van der Waals surface area contributed by atoms with Crippen LogP contribution in [0.25, 0.3) is 0 Å². The number of allylic oxidation sites excluding steroid dienone is 4. The maximum Gasteiger partial charge on any atom is 0.251 e. The molecular weight excluding hydrogens is 745 g/mol. The summed E-state index contributed by atoms with van der Waals surface area (Å²) in [5.74, 6) is 2.09. The largest absolute Gasteiger partial charge is 0.394 e. The number of H-pyrrole nitrogens is 1. The van der Waals surface area contributed by atoms with Gasteiger partial charge in [-0.25, -0.2) is 4.98 Å². The van der Waals surface area contributed by atoms with Gasteiger partial charge in [-0.1, -0.05) is 128 Å². The first-order valence-electron chi connectivity index (χ1n) is 22.1. The molecule has 1 aliphatic heterocycles. The van der Waals surface area contributed by atoms with E-state index < -0.39 is 5.41 Å². The molecule has 2 heterocycles. The molecule has 1 aliphatic carbocycles. The smallest absolute Gasteiger partial charge is 0.251 e. The monoisotopic (exact) mass is 825 g/mol. The summed E-state index contributed by atoms with van der Waals surface area (Å²) in [5.41, 5.74) is 4.79. The van der Waals surface area contributed by atoms with Crippen LogP contribution in [0.2, 0.25) is 0 Å². The Morgan fingerprint density at radius 3 is 2.17 bits per heavy atom. The minimum Gasteiger partial charge on any atom is -0.394 e. The summed E-state index contributed by atoms with van der Waals surface area (Å²) < 4.78 is 0. The van der Waals surface area contributed by atoms with Gasteiger partial charge in [0.25, 0.3) is 5.91 Å². The number of benzene rings is 2. The SMILES string of the molecule is C/C=C\CC.C=CNC.CC.CC.CCC1=CCCc2cc(C(=O)NC)ccc2C1(C[C@@H](C)NCC(=O)N1CC(C(C)C)CC1C#N)c1n[nH]c(C)n1.Cc1ccccc1. The van der Waals surface area contributed by atoms with Gasteiger partial charge in [0.15, 0.2) is 5.82 Å². The van der Waals surface area contributed by atoms with E-state index in [0.717, 1.165) is 49.1 Å². The van der Waals surface area contributed by atoms with Crippen molar-refractivity contribution in [2.75, 3.05) is 27.2 Å². The average Bonchev–Trinajstić information content (AvgIpc) is 3.89. The third kappa shape index (κ3) is 16.9. The summed E-state index contributed by atoms with van der Waals surface area (Å²) >= 11 is 0. The molecule has 0 radical (unpaired) electrons. The molecule has 3 aromatic rings. The number of aryl methyl sites for hydroxylation is 3. The van der Waals surface area contributed by atoms with Crippen LogP contribution in [0.5, 0.6) is 0 Å². The third-order valence-corrected chi connectivity index (χ3v) is 10.3. The Morgan fingerprint density at radius 2 is 1.72 bits per heavy atom. The van der Waals surface area contributed by atoms with Crippen molar-refractivity contribution in [3.8, 4) is 6.07 Å². The van der Waals surface area contributed by atoms with Gasteiger partial charge in [0.2, 0.25) is 5.91 Å². The van der Waals surface area contributed by atoms with E-state index in [1.165, 1.54) is 11.1 Å². The van der Waals surface area contributed by atoms with Gasteiger partial charge in [0.1, 0.15) is 11.9 Å². The van der Waals surface area contributed by atoms with Crippen molar-refractivity contribution >= 4 is 11.8 Å². The van der Waals surface area contributed by atoms with Gasteiger partial charge in [-0.15, -0.1) is 0 Å². The predicted molar refractivity (Wildman–Crippen MR) is 253 cm³/mol. The molecule has 4 N–H and O–H groups in total. The number of amides is 2. The Kier molecular flexibility index (Phi) is 28.4. The number of likely N-dealkylation sites (tertiary alicyclic amines) is 1. The minimum absolute atomic E-state index is 0.0351. The van der Waals surface area contributed by atoms with Crippen LogP contribution >= 0.6 is 0 Å². The lowest BCUT2D eigenvalue weighted by atomic mass is 9.67. The zero-order valence-electron chi connectivity index (χ0n) is 39.7. The van der Waals surface area contributed by atoms with Crippen LogP contribution in [0, 0.1) is 37.0 Å². The fourth-order valence-electron chi connectivity index (χ4n) is 7.24. The highest BCUT2D eigenvalue weighted by molar-refractivity contribution is 5.94. The minimum atomic E-state index is -0.617. The Balaban J connectivity index is 0.00000144. The second-order valence-electron chi connectivity index (χ2n) is 14.8. The number of nitriles is 1. The number of rotatable bonds is 11. The zero-order valence-corrected chi connectivity index (χ0v) is 39.7. The number of nitrogens with one attached hydrogen (secondary N) is 4. The molecule has 10 nitrogen and oxygen atoms in total. The van der Waals surface area contributed by atoms with Crippen LogP contribution < -0.4 is 16.0 Å². The molecular formula is C50H80N8O2. The third-order valence-electron chi connectivity index (χ3n) is 10.3. The number of hydrogen-bond acceptors (Lipinski definition) is 7. The molecule has 1 saturated heterocycles. The summed E-state index contributed by atoms with van der Waals surface area (Å²) in [5, 5.41) is 26.3. The highest BCUT2D eigenvalue weighted by atomic mass is 16.2. The summed E-state index contributed by atoms with van der Waals surface area (Å²) in [7, 11) is 3.46. The highest BCUT2D eigenvalue weighted by Gasteiger charge is 2.45. The van der Waals surface area contributed by atoms with E-state index in [4.69, 9.17) is 4.98 Å². The van der Waals surface area contributed by atoms with Gasteiger partial charge in [-0.2, -0.15) is 10.4 Å². The Hall–Kier alpha value is -5.01. The van der Waals surface area contributed by atoms with E-state index >= 15 is 0 Å². The summed E-state index contributed by atoms with van der Waals surface area (Å²) in [6.45, 7) is 28.9. The van der Waals surface area contributed by atoms with E-state index in [0.29, 0.717) is 36.2 Å². The number of hydrogen-bond donors (Lipinski definition) is 4. The molecule has 332 valence electrons. The van der Waals surface area contributed by atoms with Crippen LogP contribution in [-0.2, 0) is 16.6 Å². The maximum absolute atomic E-state index is 13.3.